The maximum Gasteiger partial charge on any atom is 0.422 e. The fourth-order valence-corrected chi connectivity index (χ4v) is 3.76. The van der Waals surface area contributed by atoms with Gasteiger partial charge in [-0.2, -0.15) is 0 Å². The maximum absolute atomic E-state index is 12.5. The summed E-state index contributed by atoms with van der Waals surface area (Å²) in [5.74, 6) is -4.33. The summed E-state index contributed by atoms with van der Waals surface area (Å²) in [5.41, 5.74) is -0.371. The predicted octanol–water partition coefficient (Wildman–Crippen LogP) is 5.15. The molecule has 1 N–H and O–H groups in total. The molecule has 0 saturated heterocycles. The maximum atomic E-state index is 12.5. The highest BCUT2D eigenvalue weighted by atomic mass is 35.5. The molecule has 27 heavy (non-hydrogen) atoms. The van der Waals surface area contributed by atoms with Crippen LogP contribution in [0.2, 0.25) is 15.1 Å². The third kappa shape index (κ3) is 5.99. The molecule has 0 spiro atoms. The molecule has 1 aromatic carbocycles. The van der Waals surface area contributed by atoms with Gasteiger partial charge in [-0.3, -0.25) is 0 Å². The van der Waals surface area contributed by atoms with Crippen LogP contribution in [0.1, 0.15) is 55.3 Å². The van der Waals surface area contributed by atoms with Crippen LogP contribution < -0.4 is 4.74 Å². The molecule has 1 saturated carbocycles. The predicted molar refractivity (Wildman–Crippen MR) is 101 cm³/mol. The van der Waals surface area contributed by atoms with Gasteiger partial charge >= 0.3 is 17.9 Å². The number of carbonyl (C=O) groups is 3. The molecule has 1 aliphatic carbocycles. The van der Waals surface area contributed by atoms with Gasteiger partial charge in [-0.25, -0.2) is 14.4 Å². The summed E-state index contributed by atoms with van der Waals surface area (Å²) in [6.45, 7) is 0.163. The lowest BCUT2D eigenvalue weighted by molar-refractivity contribution is -0.158. The summed E-state index contributed by atoms with van der Waals surface area (Å²) in [5, 5.41) is 8.20. The van der Waals surface area contributed by atoms with Gasteiger partial charge in [-0.1, -0.05) is 73.3 Å². The molecule has 0 unspecified atom stereocenters. The fourth-order valence-electron chi connectivity index (χ4n) is 3.04. The molecule has 0 amide bonds. The summed E-state index contributed by atoms with van der Waals surface area (Å²) in [7, 11) is 0. The Kier molecular flexibility index (Phi) is 8.20. The van der Waals surface area contributed by atoms with Crippen molar-refractivity contribution < 1.29 is 29.0 Å². The van der Waals surface area contributed by atoms with Gasteiger partial charge in [0.1, 0.15) is 5.56 Å². The standard InChI is InChI=1S/C18H19Cl3O6/c19-11-9-12(20)15(27-18(25)16(22)23)13(14(11)21)17(24)26-8-7-10-5-3-1-2-4-6-10/h9-10H,1-8H2,(H,22,23). The van der Waals surface area contributed by atoms with Crippen molar-refractivity contribution in [1.82, 2.24) is 0 Å². The van der Waals surface area contributed by atoms with E-state index in [2.05, 4.69) is 0 Å². The quantitative estimate of drug-likeness (QED) is 0.225. The Morgan fingerprint density at radius 1 is 1.04 bits per heavy atom. The van der Waals surface area contributed by atoms with Crippen LogP contribution >= 0.6 is 34.8 Å². The van der Waals surface area contributed by atoms with Crippen molar-refractivity contribution >= 4 is 52.7 Å². The molecule has 148 valence electrons. The van der Waals surface area contributed by atoms with Crippen molar-refractivity contribution in [1.29, 1.82) is 0 Å². The lowest BCUT2D eigenvalue weighted by atomic mass is 9.97. The Morgan fingerprint density at radius 2 is 1.67 bits per heavy atom. The molecule has 2 rings (SSSR count). The zero-order valence-electron chi connectivity index (χ0n) is 14.4. The zero-order valence-corrected chi connectivity index (χ0v) is 16.7. The first-order valence-electron chi connectivity index (χ1n) is 8.61. The van der Waals surface area contributed by atoms with Crippen LogP contribution in [0.25, 0.3) is 0 Å². The van der Waals surface area contributed by atoms with Crippen LogP contribution in [0.3, 0.4) is 0 Å². The van der Waals surface area contributed by atoms with Gasteiger partial charge < -0.3 is 14.6 Å². The number of benzene rings is 1. The van der Waals surface area contributed by atoms with E-state index in [1.807, 2.05) is 0 Å². The molecule has 0 aromatic heterocycles. The summed E-state index contributed by atoms with van der Waals surface area (Å²) in [6.07, 6.45) is 7.71. The minimum Gasteiger partial charge on any atom is -0.473 e. The summed E-state index contributed by atoms with van der Waals surface area (Å²) in [6, 6.07) is 1.15. The van der Waals surface area contributed by atoms with Crippen molar-refractivity contribution in [2.24, 2.45) is 5.92 Å². The second-order valence-electron chi connectivity index (χ2n) is 6.34. The van der Waals surface area contributed by atoms with Gasteiger partial charge in [-0.05, 0) is 18.4 Å². The second-order valence-corrected chi connectivity index (χ2v) is 7.53. The molecule has 6 nitrogen and oxygen atoms in total. The van der Waals surface area contributed by atoms with Crippen LogP contribution in [-0.4, -0.2) is 29.6 Å². The average molecular weight is 438 g/mol. The van der Waals surface area contributed by atoms with Gasteiger partial charge in [0.15, 0.2) is 5.75 Å². The fraction of sp³-hybridized carbons (Fsp3) is 0.500. The number of carboxylic acids is 1. The van der Waals surface area contributed by atoms with E-state index >= 15 is 0 Å². The molecular weight excluding hydrogens is 419 g/mol. The summed E-state index contributed by atoms with van der Waals surface area (Å²) >= 11 is 17.9. The number of aliphatic carboxylic acids is 1. The first kappa shape index (κ1) is 21.8. The summed E-state index contributed by atoms with van der Waals surface area (Å²) in [4.78, 5) is 34.6. The van der Waals surface area contributed by atoms with E-state index < -0.39 is 23.7 Å². The molecule has 0 radical (unpaired) electrons. The van der Waals surface area contributed by atoms with Gasteiger partial charge in [0.05, 0.1) is 21.7 Å². The number of halogens is 3. The molecule has 0 aliphatic heterocycles. The van der Waals surface area contributed by atoms with Crippen molar-refractivity contribution in [3.63, 3.8) is 0 Å². The Hall–Kier alpha value is -1.50. The number of hydrogen-bond donors (Lipinski definition) is 1. The van der Waals surface area contributed by atoms with E-state index in [4.69, 9.17) is 49.4 Å². The third-order valence-corrected chi connectivity index (χ3v) is 5.50. The zero-order chi connectivity index (χ0) is 20.0. The smallest absolute Gasteiger partial charge is 0.422 e. The van der Waals surface area contributed by atoms with E-state index in [1.54, 1.807) is 0 Å². The van der Waals surface area contributed by atoms with Gasteiger partial charge in [0.25, 0.3) is 0 Å². The number of carbonyl (C=O) groups excluding carboxylic acids is 2. The largest absolute Gasteiger partial charge is 0.473 e. The van der Waals surface area contributed by atoms with E-state index in [1.165, 1.54) is 25.7 Å². The van der Waals surface area contributed by atoms with Gasteiger partial charge in [0, 0.05) is 0 Å². The Bertz CT molecular complexity index is 726. The first-order chi connectivity index (χ1) is 12.8. The second kappa shape index (κ2) is 10.2. The Labute approximate surface area is 171 Å². The number of carboxylic acid groups (broad SMARTS) is 1. The lowest BCUT2D eigenvalue weighted by Gasteiger charge is -2.16. The SMILES string of the molecule is O=C(O)C(=O)Oc1c(Cl)cc(Cl)c(Cl)c1C(=O)OCCC1CCCCCC1. The molecule has 0 heterocycles. The highest BCUT2D eigenvalue weighted by Crippen LogP contribution is 2.40. The lowest BCUT2D eigenvalue weighted by Crippen LogP contribution is -2.21. The molecule has 1 aromatic rings. The normalized spacial score (nSPS) is 15.1. The molecule has 1 fully saturated rings. The monoisotopic (exact) mass is 436 g/mol. The number of esters is 2. The first-order valence-corrected chi connectivity index (χ1v) is 9.74. The molecular formula is C18H19Cl3O6. The van der Waals surface area contributed by atoms with Crippen LogP contribution in [0.4, 0.5) is 0 Å². The topological polar surface area (TPSA) is 89.9 Å². The Morgan fingerprint density at radius 3 is 2.26 bits per heavy atom. The van der Waals surface area contributed by atoms with Crippen LogP contribution in [-0.2, 0) is 14.3 Å². The molecule has 1 aliphatic rings. The van der Waals surface area contributed by atoms with Crippen molar-refractivity contribution in [3.8, 4) is 5.75 Å². The number of ether oxygens (including phenoxy) is 2. The van der Waals surface area contributed by atoms with E-state index in [9.17, 15) is 14.4 Å². The molecule has 0 bridgehead atoms. The van der Waals surface area contributed by atoms with Crippen LogP contribution in [0.5, 0.6) is 5.75 Å². The third-order valence-electron chi connectivity index (χ3n) is 4.43. The number of hydrogen-bond acceptors (Lipinski definition) is 5. The Balaban J connectivity index is 2.13. The number of rotatable bonds is 5. The van der Waals surface area contributed by atoms with E-state index in [0.717, 1.165) is 18.9 Å². The minimum absolute atomic E-state index is 0.0486. The van der Waals surface area contributed by atoms with Crippen LogP contribution in [0, 0.1) is 5.92 Å². The van der Waals surface area contributed by atoms with E-state index in [0.29, 0.717) is 12.3 Å². The summed E-state index contributed by atoms with van der Waals surface area (Å²) < 4.78 is 9.96. The van der Waals surface area contributed by atoms with Crippen LogP contribution in [0.15, 0.2) is 6.07 Å². The van der Waals surface area contributed by atoms with Gasteiger partial charge in [0.2, 0.25) is 0 Å². The van der Waals surface area contributed by atoms with Crippen molar-refractivity contribution in [2.45, 2.75) is 44.9 Å². The molecule has 0 atom stereocenters. The minimum atomic E-state index is -1.84. The highest BCUT2D eigenvalue weighted by Gasteiger charge is 2.28. The highest BCUT2D eigenvalue weighted by molar-refractivity contribution is 6.46. The average Bonchev–Trinajstić information content (AvgIpc) is 2.88. The van der Waals surface area contributed by atoms with E-state index in [-0.39, 0.29) is 27.2 Å². The molecule has 9 heteroatoms. The van der Waals surface area contributed by atoms with Gasteiger partial charge in [-0.15, -0.1) is 0 Å². The van der Waals surface area contributed by atoms with Crippen molar-refractivity contribution in [3.05, 3.63) is 26.7 Å². The van der Waals surface area contributed by atoms with Crippen molar-refractivity contribution in [2.75, 3.05) is 6.61 Å².